The Bertz CT molecular complexity index is 1010. The molecule has 5 nitrogen and oxygen atoms in total. The number of hydrogen-bond donors (Lipinski definition) is 4. The van der Waals surface area contributed by atoms with Crippen molar-refractivity contribution in [1.29, 1.82) is 0 Å². The van der Waals surface area contributed by atoms with E-state index in [1.54, 1.807) is 18.4 Å². The van der Waals surface area contributed by atoms with Crippen molar-refractivity contribution >= 4 is 51.6 Å². The number of halogens is 1. The fraction of sp³-hybridized carbons (Fsp3) is 0. The minimum atomic E-state index is -0.220. The molecule has 2 aromatic carbocycles. The minimum Gasteiger partial charge on any atom is -0.507 e. The van der Waals surface area contributed by atoms with Gasteiger partial charge in [0, 0.05) is 15.9 Å². The Morgan fingerprint density at radius 1 is 1.00 bits per heavy atom. The van der Waals surface area contributed by atoms with Crippen molar-refractivity contribution in [3.63, 3.8) is 0 Å². The van der Waals surface area contributed by atoms with E-state index in [-0.39, 0.29) is 28.2 Å². The Labute approximate surface area is 149 Å². The van der Waals surface area contributed by atoms with Gasteiger partial charge in [-0.2, -0.15) is 0 Å². The molecule has 0 bridgehead atoms. The van der Waals surface area contributed by atoms with Crippen molar-refractivity contribution in [3.8, 4) is 23.0 Å². The first kappa shape index (κ1) is 16.5. The Morgan fingerprint density at radius 3 is 2.46 bits per heavy atom. The summed E-state index contributed by atoms with van der Waals surface area (Å²) >= 11 is 4.55. The number of rotatable bonds is 2. The summed E-state index contributed by atoms with van der Waals surface area (Å²) in [5, 5.41) is 40.2. The molecule has 0 saturated heterocycles. The number of benzene rings is 2. The third-order valence-electron chi connectivity index (χ3n) is 3.40. The average Bonchev–Trinajstić information content (AvgIpc) is 2.55. The van der Waals surface area contributed by atoms with Crippen LogP contribution < -0.4 is 10.4 Å². The van der Waals surface area contributed by atoms with Crippen LogP contribution in [-0.4, -0.2) is 25.5 Å². The maximum Gasteiger partial charge on any atom is 0.158 e. The lowest BCUT2D eigenvalue weighted by Crippen LogP contribution is -2.15. The van der Waals surface area contributed by atoms with Gasteiger partial charge in [0.15, 0.2) is 11.5 Å². The van der Waals surface area contributed by atoms with E-state index in [0.717, 1.165) is 0 Å². The van der Waals surface area contributed by atoms with Crippen LogP contribution in [0.25, 0.3) is 18.9 Å². The van der Waals surface area contributed by atoms with Crippen molar-refractivity contribution in [3.05, 3.63) is 44.7 Å². The van der Waals surface area contributed by atoms with E-state index in [4.69, 9.17) is 0 Å². The number of nitrogens with zero attached hydrogens (tertiary/aromatic N) is 1. The monoisotopic (exact) mass is 405 g/mol. The fourth-order valence-corrected chi connectivity index (χ4v) is 3.46. The molecule has 0 spiro atoms. The van der Waals surface area contributed by atoms with Gasteiger partial charge < -0.3 is 20.4 Å². The predicted octanol–water partition coefficient (Wildman–Crippen LogP) is 2.64. The molecule has 3 rings (SSSR count). The maximum absolute atomic E-state index is 10.1. The van der Waals surface area contributed by atoms with E-state index in [9.17, 15) is 20.4 Å². The summed E-state index contributed by atoms with van der Waals surface area (Å²) < 4.78 is 0.618. The minimum absolute atomic E-state index is 0.0736. The van der Waals surface area contributed by atoms with Crippen LogP contribution in [0, 0.1) is 0 Å². The molecule has 0 fully saturated rings. The summed E-state index contributed by atoms with van der Waals surface area (Å²) in [5.41, 5.74) is 0.659. The number of aromatic hydroxyl groups is 4. The molecule has 0 aromatic heterocycles. The summed E-state index contributed by atoms with van der Waals surface area (Å²) in [6.45, 7) is 3.63. The third-order valence-corrected chi connectivity index (χ3v) is 5.17. The van der Waals surface area contributed by atoms with Gasteiger partial charge in [0.1, 0.15) is 16.5 Å². The van der Waals surface area contributed by atoms with Crippen LogP contribution in [0.1, 0.15) is 5.56 Å². The molecule has 7 heteroatoms. The van der Waals surface area contributed by atoms with Gasteiger partial charge in [0.25, 0.3) is 0 Å². The normalized spacial score (nSPS) is 13.5. The van der Waals surface area contributed by atoms with Gasteiger partial charge in [-0.1, -0.05) is 40.3 Å². The largest absolute Gasteiger partial charge is 0.507 e. The van der Waals surface area contributed by atoms with Crippen LogP contribution in [0.4, 0.5) is 0 Å². The summed E-state index contributed by atoms with van der Waals surface area (Å²) in [5.74, 6) is -0.586. The number of thioether (sulfide) groups is 1. The molecule has 0 radical (unpaired) electrons. The Hall–Kier alpha value is -2.38. The highest BCUT2D eigenvalue weighted by atomic mass is 79.9. The number of phenolic OH excluding ortho intramolecular Hbond substituents is 4. The molecule has 0 saturated carbocycles. The van der Waals surface area contributed by atoms with Crippen molar-refractivity contribution in [2.24, 2.45) is 4.99 Å². The Balaban J connectivity index is 1.95. The van der Waals surface area contributed by atoms with E-state index in [0.29, 0.717) is 25.2 Å². The molecule has 24 heavy (non-hydrogen) atoms. The highest BCUT2D eigenvalue weighted by Crippen LogP contribution is 2.33. The molecule has 1 aliphatic heterocycles. The van der Waals surface area contributed by atoms with Crippen LogP contribution in [-0.2, 0) is 0 Å². The van der Waals surface area contributed by atoms with E-state index < -0.39 is 0 Å². The highest BCUT2D eigenvalue weighted by molar-refractivity contribution is 9.10. The Kier molecular flexibility index (Phi) is 4.29. The molecule has 0 amide bonds. The van der Waals surface area contributed by atoms with Gasteiger partial charge in [-0.15, -0.1) is 0 Å². The van der Waals surface area contributed by atoms with Crippen LogP contribution in [0.2, 0.25) is 0 Å². The first-order chi connectivity index (χ1) is 11.4. The van der Waals surface area contributed by atoms with Gasteiger partial charge in [-0.3, -0.25) is 0 Å². The van der Waals surface area contributed by atoms with Gasteiger partial charge in [-0.05, 0) is 29.8 Å². The summed E-state index contributed by atoms with van der Waals surface area (Å²) in [6, 6.07) is 4.32. The quantitative estimate of drug-likeness (QED) is 0.576. The van der Waals surface area contributed by atoms with Gasteiger partial charge in [0.2, 0.25) is 0 Å². The van der Waals surface area contributed by atoms with Crippen molar-refractivity contribution in [1.82, 2.24) is 0 Å². The fourth-order valence-electron chi connectivity index (χ4n) is 2.10. The first-order valence-corrected chi connectivity index (χ1v) is 8.37. The van der Waals surface area contributed by atoms with Crippen molar-refractivity contribution in [2.45, 2.75) is 4.90 Å². The van der Waals surface area contributed by atoms with E-state index >= 15 is 0 Å². The molecule has 0 aliphatic carbocycles. The number of hydrogen-bond acceptors (Lipinski definition) is 6. The number of fused-ring (bicyclic) bond motifs is 1. The van der Waals surface area contributed by atoms with E-state index in [1.807, 2.05) is 0 Å². The van der Waals surface area contributed by atoms with Crippen LogP contribution >= 0.6 is 27.7 Å². The topological polar surface area (TPSA) is 93.3 Å². The molecular formula is C17H12BrNO4S. The predicted molar refractivity (Wildman–Crippen MR) is 98.8 cm³/mol. The lowest BCUT2D eigenvalue weighted by molar-refractivity contribution is 0.403. The van der Waals surface area contributed by atoms with Crippen molar-refractivity contribution < 1.29 is 20.4 Å². The second kappa shape index (κ2) is 6.26. The van der Waals surface area contributed by atoms with Gasteiger partial charge in [0.05, 0.1) is 10.1 Å². The first-order valence-electron chi connectivity index (χ1n) is 6.76. The SMILES string of the molecule is C=c1c(O)cc2c(c1O)SC(/C=C/c1cc(O)c(O)cc1Br)=NC=2. The van der Waals surface area contributed by atoms with E-state index in [2.05, 4.69) is 27.5 Å². The maximum atomic E-state index is 10.1. The second-order valence-electron chi connectivity index (χ2n) is 5.04. The van der Waals surface area contributed by atoms with Crippen LogP contribution in [0.3, 0.4) is 0 Å². The van der Waals surface area contributed by atoms with Crippen LogP contribution in [0.5, 0.6) is 23.0 Å². The smallest absolute Gasteiger partial charge is 0.158 e. The molecule has 1 aliphatic rings. The number of phenols is 4. The summed E-state index contributed by atoms with van der Waals surface area (Å²) in [7, 11) is 0. The lowest BCUT2D eigenvalue weighted by Gasteiger charge is -2.10. The van der Waals surface area contributed by atoms with Crippen LogP contribution in [0.15, 0.2) is 38.6 Å². The zero-order valence-electron chi connectivity index (χ0n) is 12.2. The molecule has 0 atom stereocenters. The molecule has 0 unspecified atom stereocenters. The zero-order chi connectivity index (χ0) is 17.4. The lowest BCUT2D eigenvalue weighted by atomic mass is 10.2. The average molecular weight is 406 g/mol. The zero-order valence-corrected chi connectivity index (χ0v) is 14.6. The molecule has 2 aromatic rings. The van der Waals surface area contributed by atoms with Gasteiger partial charge in [-0.25, -0.2) is 4.99 Å². The number of aliphatic imine (C=N–C) groups is 1. The molecule has 4 N–H and O–H groups in total. The summed E-state index contributed by atoms with van der Waals surface area (Å²) in [6.07, 6.45) is 4.99. The summed E-state index contributed by atoms with van der Waals surface area (Å²) in [4.78, 5) is 4.83. The molecule has 1 heterocycles. The second-order valence-corrected chi connectivity index (χ2v) is 6.92. The van der Waals surface area contributed by atoms with Gasteiger partial charge >= 0.3 is 0 Å². The Morgan fingerprint density at radius 2 is 1.71 bits per heavy atom. The molecular weight excluding hydrogens is 394 g/mol. The molecule has 122 valence electrons. The third kappa shape index (κ3) is 3.00. The highest BCUT2D eigenvalue weighted by Gasteiger charge is 2.14. The standard InChI is InChI=1S/C17H12BrNO4S/c1-8-12(20)5-10-7-19-15(24-17(10)16(8)23)3-2-9-4-13(21)14(22)6-11(9)18/h2-7,20-23H,1H2/b3-2+. The van der Waals surface area contributed by atoms with E-state index in [1.165, 1.54) is 30.0 Å². The van der Waals surface area contributed by atoms with Crippen molar-refractivity contribution in [2.75, 3.05) is 0 Å².